The van der Waals surface area contributed by atoms with Crippen LogP contribution in [0.5, 0.6) is 11.6 Å². The number of ether oxygens (including phenoxy) is 2. The lowest BCUT2D eigenvalue weighted by atomic mass is 10.1. The number of rotatable bonds is 7. The van der Waals surface area contributed by atoms with Crippen molar-refractivity contribution in [3.05, 3.63) is 54.1 Å². The number of fused-ring (bicyclic) bond motifs is 1. The molecule has 0 amide bonds. The Morgan fingerprint density at radius 1 is 1.12 bits per heavy atom. The molecule has 0 spiro atoms. The van der Waals surface area contributed by atoms with E-state index in [0.717, 1.165) is 17.8 Å². The first kappa shape index (κ1) is 23.3. The molecule has 0 saturated heterocycles. The van der Waals surface area contributed by atoms with Gasteiger partial charge in [0.1, 0.15) is 11.5 Å². The van der Waals surface area contributed by atoms with Gasteiger partial charge in [0.2, 0.25) is 11.8 Å². The van der Waals surface area contributed by atoms with E-state index < -0.39 is 11.7 Å². The van der Waals surface area contributed by atoms with E-state index in [9.17, 15) is 13.2 Å². The lowest BCUT2D eigenvalue weighted by molar-refractivity contribution is -0.137. The van der Waals surface area contributed by atoms with Crippen molar-refractivity contribution in [2.45, 2.75) is 19.1 Å². The quantitative estimate of drug-likeness (QED) is 0.424. The molecule has 1 aliphatic heterocycles. The van der Waals surface area contributed by atoms with Gasteiger partial charge in [0.15, 0.2) is 5.75 Å². The van der Waals surface area contributed by atoms with Crippen LogP contribution in [0.25, 0.3) is 11.3 Å². The van der Waals surface area contributed by atoms with E-state index in [1.54, 1.807) is 25.3 Å². The SMILES string of the molecule is COCCNc1nc(Oc2cccc3c2N=C(N)C(C)N3)cc(-c2ccc(C(F)(F)F)cc2)n1. The molecule has 0 radical (unpaired) electrons. The van der Waals surface area contributed by atoms with Crippen molar-refractivity contribution in [3.8, 4) is 22.9 Å². The maximum atomic E-state index is 13.0. The van der Waals surface area contributed by atoms with Crippen molar-refractivity contribution in [1.29, 1.82) is 0 Å². The highest BCUT2D eigenvalue weighted by molar-refractivity contribution is 5.96. The Hall–Kier alpha value is -3.86. The van der Waals surface area contributed by atoms with Crippen LogP contribution in [-0.4, -0.2) is 42.1 Å². The smallest absolute Gasteiger partial charge is 0.416 e. The Morgan fingerprint density at radius 2 is 1.88 bits per heavy atom. The first-order valence-corrected chi connectivity index (χ1v) is 10.5. The van der Waals surface area contributed by atoms with Crippen molar-refractivity contribution >= 4 is 23.2 Å². The Morgan fingerprint density at radius 3 is 2.59 bits per heavy atom. The molecule has 4 N–H and O–H groups in total. The Bertz CT molecular complexity index is 1200. The molecule has 34 heavy (non-hydrogen) atoms. The molecule has 0 aliphatic carbocycles. The molecule has 4 rings (SSSR count). The number of aromatic nitrogens is 2. The van der Waals surface area contributed by atoms with E-state index in [4.69, 9.17) is 15.2 Å². The number of para-hydroxylation sites is 1. The number of halogens is 3. The van der Waals surface area contributed by atoms with E-state index in [1.807, 2.05) is 13.0 Å². The third-order valence-electron chi connectivity index (χ3n) is 5.07. The summed E-state index contributed by atoms with van der Waals surface area (Å²) in [4.78, 5) is 13.2. The Balaban J connectivity index is 1.70. The van der Waals surface area contributed by atoms with Crippen molar-refractivity contribution in [2.75, 3.05) is 30.9 Å². The number of hydrogen-bond acceptors (Lipinski definition) is 8. The van der Waals surface area contributed by atoms with Gasteiger partial charge in [-0.15, -0.1) is 0 Å². The largest absolute Gasteiger partial charge is 0.436 e. The van der Waals surface area contributed by atoms with Gasteiger partial charge in [0.05, 0.1) is 29.6 Å². The number of benzene rings is 2. The first-order chi connectivity index (χ1) is 16.2. The van der Waals surface area contributed by atoms with Gasteiger partial charge in [-0.1, -0.05) is 18.2 Å². The average Bonchev–Trinajstić information content (AvgIpc) is 2.80. The number of hydrogen-bond donors (Lipinski definition) is 3. The van der Waals surface area contributed by atoms with Crippen LogP contribution in [-0.2, 0) is 10.9 Å². The van der Waals surface area contributed by atoms with Crippen molar-refractivity contribution < 1.29 is 22.6 Å². The third-order valence-corrected chi connectivity index (χ3v) is 5.07. The molecule has 3 aromatic rings. The number of nitrogens with two attached hydrogens (primary N) is 1. The minimum Gasteiger partial charge on any atom is -0.436 e. The molecular formula is C23H23F3N6O2. The predicted molar refractivity (Wildman–Crippen MR) is 124 cm³/mol. The molecule has 0 bridgehead atoms. The van der Waals surface area contributed by atoms with Crippen LogP contribution < -0.4 is 21.1 Å². The summed E-state index contributed by atoms with van der Waals surface area (Å²) in [6.07, 6.45) is -4.42. The maximum Gasteiger partial charge on any atom is 0.416 e. The molecule has 11 heteroatoms. The summed E-state index contributed by atoms with van der Waals surface area (Å²) in [5.74, 6) is 1.26. The van der Waals surface area contributed by atoms with Crippen LogP contribution in [0.2, 0.25) is 0 Å². The molecular weight excluding hydrogens is 449 g/mol. The summed E-state index contributed by atoms with van der Waals surface area (Å²) in [5, 5.41) is 6.28. The number of amidine groups is 1. The highest BCUT2D eigenvalue weighted by Gasteiger charge is 2.30. The van der Waals surface area contributed by atoms with Crippen molar-refractivity contribution in [2.24, 2.45) is 10.7 Å². The van der Waals surface area contributed by atoms with Crippen LogP contribution in [0.4, 0.5) is 30.5 Å². The first-order valence-electron chi connectivity index (χ1n) is 10.5. The third kappa shape index (κ3) is 5.20. The standard InChI is InChI=1S/C23H23F3N6O2/c1-13-21(27)32-20-16(29-13)4-3-5-18(20)34-19-12-17(30-22(31-19)28-10-11-33-2)14-6-8-15(9-7-14)23(24,25)26/h3-9,12-13,29H,10-11H2,1-2H3,(H2,27,32)(H,28,30,31). The highest BCUT2D eigenvalue weighted by Crippen LogP contribution is 2.40. The Kier molecular flexibility index (Phi) is 6.55. The van der Waals surface area contributed by atoms with Gasteiger partial charge in [-0.3, -0.25) is 0 Å². The summed E-state index contributed by atoms with van der Waals surface area (Å²) >= 11 is 0. The number of anilines is 2. The van der Waals surface area contributed by atoms with Crippen LogP contribution in [0.15, 0.2) is 53.5 Å². The maximum absolute atomic E-state index is 13.0. The number of aliphatic imine (C=N–C) groups is 1. The van der Waals surface area contributed by atoms with Crippen molar-refractivity contribution in [1.82, 2.24) is 9.97 Å². The summed E-state index contributed by atoms with van der Waals surface area (Å²) in [6.45, 7) is 2.73. The monoisotopic (exact) mass is 472 g/mol. The molecule has 2 heterocycles. The molecule has 8 nitrogen and oxygen atoms in total. The van der Waals surface area contributed by atoms with E-state index in [-0.39, 0.29) is 17.9 Å². The molecule has 2 aromatic carbocycles. The predicted octanol–water partition coefficient (Wildman–Crippen LogP) is 4.82. The van der Waals surface area contributed by atoms with Crippen LogP contribution in [0.1, 0.15) is 12.5 Å². The Labute approximate surface area is 194 Å². The normalized spacial score (nSPS) is 15.2. The number of methoxy groups -OCH3 is 1. The highest BCUT2D eigenvalue weighted by atomic mass is 19.4. The summed E-state index contributed by atoms with van der Waals surface area (Å²) in [5.41, 5.74) is 7.40. The number of alkyl halides is 3. The van der Waals surface area contributed by atoms with Crippen LogP contribution >= 0.6 is 0 Å². The van der Waals surface area contributed by atoms with E-state index in [0.29, 0.717) is 41.7 Å². The second kappa shape index (κ2) is 9.56. The fourth-order valence-electron chi connectivity index (χ4n) is 3.28. The van der Waals surface area contributed by atoms with Gasteiger partial charge in [-0.2, -0.15) is 18.2 Å². The zero-order valence-electron chi connectivity index (χ0n) is 18.5. The molecule has 0 saturated carbocycles. The van der Waals surface area contributed by atoms with Gasteiger partial charge in [0, 0.05) is 25.3 Å². The zero-order valence-corrected chi connectivity index (χ0v) is 18.5. The van der Waals surface area contributed by atoms with Crippen LogP contribution in [0.3, 0.4) is 0 Å². The second-order valence-corrected chi connectivity index (χ2v) is 7.57. The fourth-order valence-corrected chi connectivity index (χ4v) is 3.28. The van der Waals surface area contributed by atoms with E-state index in [2.05, 4.69) is 25.6 Å². The average molecular weight is 472 g/mol. The fraction of sp³-hybridized carbons (Fsp3) is 0.261. The molecule has 1 atom stereocenters. The summed E-state index contributed by atoms with van der Waals surface area (Å²) < 4.78 is 50.0. The van der Waals surface area contributed by atoms with Gasteiger partial charge < -0.3 is 25.8 Å². The summed E-state index contributed by atoms with van der Waals surface area (Å²) in [6, 6.07) is 11.6. The molecule has 178 valence electrons. The topological polar surface area (TPSA) is 107 Å². The zero-order chi connectivity index (χ0) is 24.3. The van der Waals surface area contributed by atoms with Gasteiger partial charge in [-0.25, -0.2) is 9.98 Å². The minimum absolute atomic E-state index is 0.121. The van der Waals surface area contributed by atoms with Crippen LogP contribution in [0, 0.1) is 0 Å². The number of nitrogens with one attached hydrogen (secondary N) is 2. The van der Waals surface area contributed by atoms with E-state index >= 15 is 0 Å². The lowest BCUT2D eigenvalue weighted by Crippen LogP contribution is -2.34. The lowest BCUT2D eigenvalue weighted by Gasteiger charge is -2.23. The van der Waals surface area contributed by atoms with Gasteiger partial charge in [-0.05, 0) is 31.2 Å². The summed E-state index contributed by atoms with van der Waals surface area (Å²) in [7, 11) is 1.56. The van der Waals surface area contributed by atoms with Gasteiger partial charge in [0.25, 0.3) is 0 Å². The number of nitrogens with zero attached hydrogens (tertiary/aromatic N) is 3. The van der Waals surface area contributed by atoms with Crippen molar-refractivity contribution in [3.63, 3.8) is 0 Å². The molecule has 1 aromatic heterocycles. The molecule has 0 fully saturated rings. The molecule has 1 unspecified atom stereocenters. The minimum atomic E-state index is -4.42. The second-order valence-electron chi connectivity index (χ2n) is 7.57. The molecule has 1 aliphatic rings. The van der Waals surface area contributed by atoms with Gasteiger partial charge >= 0.3 is 6.18 Å². The van der Waals surface area contributed by atoms with E-state index in [1.165, 1.54) is 12.1 Å².